The molecule has 2 N–H and O–H groups in total. The van der Waals surface area contributed by atoms with Crippen molar-refractivity contribution in [3.8, 4) is 11.3 Å². The van der Waals surface area contributed by atoms with Gasteiger partial charge in [0.1, 0.15) is 4.88 Å². The number of hydrogen-bond donors (Lipinski definition) is 1. The largest absolute Gasteiger partial charge is 0.416 e. The molecule has 0 spiro atoms. The van der Waals surface area contributed by atoms with Crippen LogP contribution in [0.5, 0.6) is 0 Å². The minimum absolute atomic E-state index is 0.102. The number of carbonyl (C=O) groups excluding carboxylic acids is 1. The zero-order valence-electron chi connectivity index (χ0n) is 12.5. The number of nitrogens with two attached hydrogens (primary N) is 1. The summed E-state index contributed by atoms with van der Waals surface area (Å²) in [5.74, 6) is -0.377. The lowest BCUT2D eigenvalue weighted by atomic mass is 10.0. The molecule has 3 aromatic rings. The molecule has 0 saturated carbocycles. The van der Waals surface area contributed by atoms with E-state index in [1.165, 1.54) is 24.3 Å². The molecule has 0 saturated heterocycles. The lowest BCUT2D eigenvalue weighted by molar-refractivity contribution is -0.137. The van der Waals surface area contributed by atoms with Gasteiger partial charge in [0.05, 0.1) is 11.3 Å². The number of nitrogens with zero attached hydrogens (tertiary/aromatic N) is 1. The molecule has 0 bridgehead atoms. The second-order valence-corrected chi connectivity index (χ2v) is 6.61. The van der Waals surface area contributed by atoms with Gasteiger partial charge in [-0.2, -0.15) is 13.2 Å². The standard InChI is InChI=1S/C17H10ClF3N2OS/c18-12-6-4-9(5-7-12)14(24)15-13(23-16(22)25-15)10-2-1-3-11(8-10)17(19,20)21/h1-8H,(H2,22,23). The molecule has 0 fully saturated rings. The van der Waals surface area contributed by atoms with Crippen LogP contribution >= 0.6 is 22.9 Å². The molecule has 0 aliphatic carbocycles. The normalized spacial score (nSPS) is 11.5. The second kappa shape index (κ2) is 6.50. The van der Waals surface area contributed by atoms with Crippen LogP contribution < -0.4 is 5.73 Å². The van der Waals surface area contributed by atoms with E-state index < -0.39 is 11.7 Å². The lowest BCUT2D eigenvalue weighted by Crippen LogP contribution is -2.05. The molecule has 0 atom stereocenters. The van der Waals surface area contributed by atoms with Crippen LogP contribution in [0.25, 0.3) is 11.3 Å². The maximum Gasteiger partial charge on any atom is 0.416 e. The average molecular weight is 383 g/mol. The highest BCUT2D eigenvalue weighted by Crippen LogP contribution is 2.35. The molecule has 0 aliphatic heterocycles. The average Bonchev–Trinajstić information content (AvgIpc) is 2.96. The van der Waals surface area contributed by atoms with E-state index >= 15 is 0 Å². The van der Waals surface area contributed by atoms with E-state index in [2.05, 4.69) is 4.98 Å². The van der Waals surface area contributed by atoms with E-state index in [0.717, 1.165) is 23.5 Å². The quantitative estimate of drug-likeness (QED) is 0.626. The number of nitrogen functional groups attached to an aromatic ring is 1. The highest BCUT2D eigenvalue weighted by atomic mass is 35.5. The Kier molecular flexibility index (Phi) is 4.53. The first-order valence-corrected chi connectivity index (χ1v) is 8.19. The predicted molar refractivity (Wildman–Crippen MR) is 91.8 cm³/mol. The van der Waals surface area contributed by atoms with E-state index in [1.807, 2.05) is 0 Å². The number of ketones is 1. The molecule has 0 unspecified atom stereocenters. The minimum atomic E-state index is -4.49. The van der Waals surface area contributed by atoms with Gasteiger partial charge in [-0.1, -0.05) is 35.1 Å². The van der Waals surface area contributed by atoms with Gasteiger partial charge in [0.15, 0.2) is 5.13 Å². The summed E-state index contributed by atoms with van der Waals surface area (Å²) in [5.41, 5.74) is 5.54. The van der Waals surface area contributed by atoms with Crippen molar-refractivity contribution < 1.29 is 18.0 Å². The van der Waals surface area contributed by atoms with Gasteiger partial charge in [-0.15, -0.1) is 0 Å². The number of hydrogen-bond acceptors (Lipinski definition) is 4. The van der Waals surface area contributed by atoms with Gasteiger partial charge in [-0.25, -0.2) is 4.98 Å². The number of anilines is 1. The molecule has 8 heteroatoms. The van der Waals surface area contributed by atoms with E-state index in [-0.39, 0.29) is 27.0 Å². The van der Waals surface area contributed by atoms with Gasteiger partial charge >= 0.3 is 6.18 Å². The zero-order chi connectivity index (χ0) is 18.2. The van der Waals surface area contributed by atoms with Crippen LogP contribution in [-0.2, 0) is 6.18 Å². The molecule has 128 valence electrons. The van der Waals surface area contributed by atoms with Crippen molar-refractivity contribution in [2.45, 2.75) is 6.18 Å². The summed E-state index contributed by atoms with van der Waals surface area (Å²) in [6.45, 7) is 0. The highest BCUT2D eigenvalue weighted by molar-refractivity contribution is 7.18. The van der Waals surface area contributed by atoms with Gasteiger partial charge in [0, 0.05) is 16.1 Å². The molecular weight excluding hydrogens is 373 g/mol. The van der Waals surface area contributed by atoms with Crippen molar-refractivity contribution in [3.63, 3.8) is 0 Å². The van der Waals surface area contributed by atoms with E-state index in [1.54, 1.807) is 12.1 Å². The van der Waals surface area contributed by atoms with Gasteiger partial charge in [0.25, 0.3) is 0 Å². The number of halogens is 4. The molecule has 0 radical (unpaired) electrons. The Bertz CT molecular complexity index is 936. The summed E-state index contributed by atoms with van der Waals surface area (Å²) in [4.78, 5) is 16.9. The summed E-state index contributed by atoms with van der Waals surface area (Å²) in [7, 11) is 0. The molecule has 25 heavy (non-hydrogen) atoms. The van der Waals surface area contributed by atoms with E-state index in [4.69, 9.17) is 17.3 Å². The number of carbonyl (C=O) groups is 1. The number of rotatable bonds is 3. The smallest absolute Gasteiger partial charge is 0.375 e. The van der Waals surface area contributed by atoms with Gasteiger partial charge in [0.2, 0.25) is 5.78 Å². The van der Waals surface area contributed by atoms with E-state index in [0.29, 0.717) is 10.6 Å². The first-order valence-electron chi connectivity index (χ1n) is 7.00. The zero-order valence-corrected chi connectivity index (χ0v) is 14.0. The third-order valence-electron chi connectivity index (χ3n) is 3.42. The third-order valence-corrected chi connectivity index (χ3v) is 4.55. The van der Waals surface area contributed by atoms with Gasteiger partial charge in [-0.3, -0.25) is 4.79 Å². The fourth-order valence-electron chi connectivity index (χ4n) is 2.26. The van der Waals surface area contributed by atoms with Crippen LogP contribution in [0.2, 0.25) is 5.02 Å². The topological polar surface area (TPSA) is 56.0 Å². The summed E-state index contributed by atoms with van der Waals surface area (Å²) >= 11 is 6.74. The maximum atomic E-state index is 12.9. The van der Waals surface area contributed by atoms with Crippen molar-refractivity contribution in [3.05, 3.63) is 69.6 Å². The summed E-state index contributed by atoms with van der Waals surface area (Å²) in [5, 5.41) is 0.572. The summed E-state index contributed by atoms with van der Waals surface area (Å²) < 4.78 is 38.8. The monoisotopic (exact) mass is 382 g/mol. The second-order valence-electron chi connectivity index (χ2n) is 5.14. The molecule has 2 aromatic carbocycles. The van der Waals surface area contributed by atoms with Crippen molar-refractivity contribution in [1.82, 2.24) is 4.98 Å². The first kappa shape index (κ1) is 17.4. The fraction of sp³-hybridized carbons (Fsp3) is 0.0588. The Labute approximate surface area is 149 Å². The van der Waals surface area contributed by atoms with Crippen molar-refractivity contribution in [1.29, 1.82) is 0 Å². The molecule has 1 heterocycles. The molecule has 3 nitrogen and oxygen atoms in total. The van der Waals surface area contributed by atoms with Crippen LogP contribution in [0.3, 0.4) is 0 Å². The Balaban J connectivity index is 2.08. The Morgan fingerprint density at radius 2 is 1.80 bits per heavy atom. The molecule has 0 amide bonds. The Morgan fingerprint density at radius 1 is 1.12 bits per heavy atom. The third kappa shape index (κ3) is 3.67. The molecule has 0 aliphatic rings. The predicted octanol–water partition coefficient (Wildman–Crippen LogP) is 5.30. The van der Waals surface area contributed by atoms with Crippen LogP contribution in [0.4, 0.5) is 18.3 Å². The van der Waals surface area contributed by atoms with Crippen LogP contribution in [0, 0.1) is 0 Å². The number of aromatic nitrogens is 1. The van der Waals surface area contributed by atoms with Crippen molar-refractivity contribution >= 4 is 33.9 Å². The molecule has 3 rings (SSSR count). The summed E-state index contributed by atoms with van der Waals surface area (Å²) in [6, 6.07) is 10.8. The number of benzene rings is 2. The van der Waals surface area contributed by atoms with Gasteiger partial charge < -0.3 is 5.73 Å². The molecule has 1 aromatic heterocycles. The van der Waals surface area contributed by atoms with Crippen LogP contribution in [0.15, 0.2) is 48.5 Å². The SMILES string of the molecule is Nc1nc(-c2cccc(C(F)(F)F)c2)c(C(=O)c2ccc(Cl)cc2)s1. The highest BCUT2D eigenvalue weighted by Gasteiger charge is 2.31. The van der Waals surface area contributed by atoms with E-state index in [9.17, 15) is 18.0 Å². The van der Waals surface area contributed by atoms with Crippen molar-refractivity contribution in [2.24, 2.45) is 0 Å². The minimum Gasteiger partial charge on any atom is -0.375 e. The lowest BCUT2D eigenvalue weighted by Gasteiger charge is -2.08. The van der Waals surface area contributed by atoms with Crippen molar-refractivity contribution in [2.75, 3.05) is 5.73 Å². The van der Waals surface area contributed by atoms with Crippen LogP contribution in [0.1, 0.15) is 20.8 Å². The first-order chi connectivity index (χ1) is 11.8. The summed E-state index contributed by atoms with van der Waals surface area (Å²) in [6.07, 6.45) is -4.49. The van der Waals surface area contributed by atoms with Gasteiger partial charge in [-0.05, 0) is 36.4 Å². The fourth-order valence-corrected chi connectivity index (χ4v) is 3.20. The Hall–Kier alpha value is -2.38. The number of alkyl halides is 3. The molecular formula is C17H10ClF3N2OS. The van der Waals surface area contributed by atoms with Crippen LogP contribution in [-0.4, -0.2) is 10.8 Å². The number of thiazole rings is 1. The maximum absolute atomic E-state index is 12.9. The Morgan fingerprint density at radius 3 is 2.44 bits per heavy atom.